The maximum absolute atomic E-state index is 2.58. The summed E-state index contributed by atoms with van der Waals surface area (Å²) in [6.07, 6.45) is 7.59. The number of allylic oxidation sites excluding steroid dienone is 8. The van der Waals surface area contributed by atoms with Gasteiger partial charge in [-0.25, -0.2) is 0 Å². The molecule has 4 bridgehead atoms. The standard InChI is InChI=1S/C42H38P2/c1-29-39(33-21-13-7-14-22-33)43-27-41(29,3)37(31-17-9-5-10-18-31)35(43)25-26-36-38(32-19-11-6-12-20-32)42(4)28-44(36)40(30(42)2)34-23-15-8-16-24-34/h5-26H,27-28H2,1-4H3/b26-25+. The molecule has 0 amide bonds. The van der Waals surface area contributed by atoms with E-state index in [1.165, 1.54) is 34.6 Å². The van der Waals surface area contributed by atoms with Crippen LogP contribution in [0.25, 0.3) is 21.8 Å². The predicted octanol–water partition coefficient (Wildman–Crippen LogP) is 12.3. The van der Waals surface area contributed by atoms with Crippen LogP contribution in [-0.2, 0) is 0 Å². The zero-order valence-corrected chi connectivity index (χ0v) is 27.8. The highest BCUT2D eigenvalue weighted by atomic mass is 31.1. The van der Waals surface area contributed by atoms with Gasteiger partial charge in [0.1, 0.15) is 0 Å². The lowest BCUT2D eigenvalue weighted by Gasteiger charge is -2.31. The van der Waals surface area contributed by atoms with Gasteiger partial charge in [0, 0.05) is 10.8 Å². The van der Waals surface area contributed by atoms with Crippen molar-refractivity contribution in [2.24, 2.45) is 10.8 Å². The van der Waals surface area contributed by atoms with E-state index in [2.05, 4.69) is 161 Å². The van der Waals surface area contributed by atoms with Crippen molar-refractivity contribution in [3.8, 4) is 0 Å². The summed E-state index contributed by atoms with van der Waals surface area (Å²) < 4.78 is 0. The smallest absolute Gasteiger partial charge is 0.0198 e. The molecule has 4 atom stereocenters. The molecule has 0 radical (unpaired) electrons. The van der Waals surface area contributed by atoms with Crippen LogP contribution in [-0.4, -0.2) is 12.3 Å². The summed E-state index contributed by atoms with van der Waals surface area (Å²) >= 11 is 0. The third kappa shape index (κ3) is 4.04. The van der Waals surface area contributed by atoms with E-state index in [0.29, 0.717) is 0 Å². The lowest BCUT2D eigenvalue weighted by atomic mass is 9.73. The van der Waals surface area contributed by atoms with Crippen LogP contribution in [0.5, 0.6) is 0 Å². The Bertz CT molecular complexity index is 1780. The molecule has 0 fully saturated rings. The molecule has 8 rings (SSSR count). The summed E-state index contributed by atoms with van der Waals surface area (Å²) in [6, 6.07) is 44.8. The third-order valence-electron chi connectivity index (χ3n) is 10.7. The lowest BCUT2D eigenvalue weighted by molar-refractivity contribution is 0.630. The van der Waals surface area contributed by atoms with Crippen molar-refractivity contribution in [2.45, 2.75) is 27.7 Å². The molecular weight excluding hydrogens is 566 g/mol. The van der Waals surface area contributed by atoms with Crippen molar-refractivity contribution < 1.29 is 0 Å². The fraction of sp³-hybridized carbons (Fsp3) is 0.190. The van der Waals surface area contributed by atoms with Gasteiger partial charge in [-0.1, -0.05) is 158 Å². The van der Waals surface area contributed by atoms with Crippen molar-refractivity contribution >= 4 is 37.6 Å². The molecule has 0 saturated carbocycles. The van der Waals surface area contributed by atoms with Crippen molar-refractivity contribution in [2.75, 3.05) is 12.3 Å². The second-order valence-corrected chi connectivity index (χ2v) is 17.3. The Morgan fingerprint density at radius 1 is 0.455 bits per heavy atom. The van der Waals surface area contributed by atoms with Gasteiger partial charge < -0.3 is 0 Å². The number of hydrogen-bond donors (Lipinski definition) is 0. The summed E-state index contributed by atoms with van der Waals surface area (Å²) in [7, 11) is -0.901. The minimum absolute atomic E-state index is 0.0617. The molecule has 0 aliphatic carbocycles. The molecule has 0 spiro atoms. The Balaban J connectivity index is 1.31. The number of benzene rings is 4. The van der Waals surface area contributed by atoms with E-state index in [9.17, 15) is 0 Å². The third-order valence-corrected chi connectivity index (χ3v) is 16.7. The minimum Gasteiger partial charge on any atom is -0.0622 e. The van der Waals surface area contributed by atoms with Crippen molar-refractivity contribution in [1.29, 1.82) is 0 Å². The van der Waals surface area contributed by atoms with Crippen molar-refractivity contribution in [3.63, 3.8) is 0 Å². The molecule has 0 aromatic heterocycles. The summed E-state index contributed by atoms with van der Waals surface area (Å²) in [5.41, 5.74) is 11.9. The molecule has 4 aliphatic rings. The van der Waals surface area contributed by atoms with Crippen LogP contribution in [0.2, 0.25) is 0 Å². The number of hydrogen-bond acceptors (Lipinski definition) is 0. The highest BCUT2D eigenvalue weighted by Gasteiger charge is 2.53. The van der Waals surface area contributed by atoms with E-state index in [1.54, 1.807) is 43.5 Å². The fourth-order valence-electron chi connectivity index (χ4n) is 8.32. The quantitative estimate of drug-likeness (QED) is 0.192. The monoisotopic (exact) mass is 604 g/mol. The summed E-state index contributed by atoms with van der Waals surface area (Å²) in [5, 5.41) is 6.35. The van der Waals surface area contributed by atoms with E-state index in [4.69, 9.17) is 0 Å². The van der Waals surface area contributed by atoms with Crippen LogP contribution in [0, 0.1) is 10.8 Å². The SMILES string of the molecule is CC1=C(c2ccccc2)P2CC1(C)C(c1ccccc1)=C2/C=C/C1=C(c2ccccc2)C2(C)CP1C(c1ccccc1)=C2C. The van der Waals surface area contributed by atoms with Crippen LogP contribution >= 0.6 is 15.8 Å². The zero-order valence-electron chi connectivity index (χ0n) is 26.0. The Morgan fingerprint density at radius 2 is 0.750 bits per heavy atom. The van der Waals surface area contributed by atoms with Crippen molar-refractivity contribution in [3.05, 3.63) is 178 Å². The second-order valence-electron chi connectivity index (χ2n) is 13.1. The average Bonchev–Trinajstić information content (AvgIpc) is 3.71. The fourth-order valence-corrected chi connectivity index (χ4v) is 15.5. The van der Waals surface area contributed by atoms with Crippen LogP contribution in [0.4, 0.5) is 0 Å². The number of fused-ring (bicyclic) bond motifs is 4. The molecule has 216 valence electrons. The van der Waals surface area contributed by atoms with E-state index in [0.717, 1.165) is 0 Å². The number of rotatable bonds is 6. The molecule has 4 aliphatic heterocycles. The van der Waals surface area contributed by atoms with Crippen LogP contribution in [0.3, 0.4) is 0 Å². The Kier molecular flexibility index (Phi) is 6.68. The van der Waals surface area contributed by atoms with E-state index >= 15 is 0 Å². The molecule has 4 aromatic rings. The van der Waals surface area contributed by atoms with Gasteiger partial charge in [0.15, 0.2) is 0 Å². The first-order valence-corrected chi connectivity index (χ1v) is 18.8. The molecule has 4 unspecified atom stereocenters. The first-order valence-electron chi connectivity index (χ1n) is 15.8. The summed E-state index contributed by atoms with van der Waals surface area (Å²) in [5.74, 6) is 0. The highest BCUT2D eigenvalue weighted by Crippen LogP contribution is 2.80. The van der Waals surface area contributed by atoms with Crippen LogP contribution in [0.1, 0.15) is 49.9 Å². The molecule has 4 heterocycles. The van der Waals surface area contributed by atoms with E-state index in [-0.39, 0.29) is 10.8 Å². The first kappa shape index (κ1) is 28.0. The van der Waals surface area contributed by atoms with Gasteiger partial charge in [-0.15, -0.1) is 0 Å². The molecule has 4 aromatic carbocycles. The van der Waals surface area contributed by atoms with Crippen LogP contribution in [0.15, 0.2) is 155 Å². The summed E-state index contributed by atoms with van der Waals surface area (Å²) in [6.45, 7) is 9.83. The minimum atomic E-state index is -0.450. The average molecular weight is 605 g/mol. The topological polar surface area (TPSA) is 0 Å². The van der Waals surface area contributed by atoms with Gasteiger partial charge in [-0.3, -0.25) is 0 Å². The van der Waals surface area contributed by atoms with Crippen LogP contribution < -0.4 is 0 Å². The molecule has 44 heavy (non-hydrogen) atoms. The van der Waals surface area contributed by atoms with Gasteiger partial charge in [0.25, 0.3) is 0 Å². The van der Waals surface area contributed by atoms with E-state index in [1.807, 2.05) is 0 Å². The normalized spacial score (nSPS) is 27.5. The maximum Gasteiger partial charge on any atom is 0.0198 e. The zero-order chi connectivity index (χ0) is 30.1. The highest BCUT2D eigenvalue weighted by molar-refractivity contribution is 7.74. The van der Waals surface area contributed by atoms with Gasteiger partial charge >= 0.3 is 0 Å². The maximum atomic E-state index is 2.58. The largest absolute Gasteiger partial charge is 0.0622 e. The predicted molar refractivity (Wildman–Crippen MR) is 194 cm³/mol. The summed E-state index contributed by atoms with van der Waals surface area (Å²) in [4.78, 5) is 0. The molecule has 0 N–H and O–H groups in total. The molecule has 2 heteroatoms. The first-order chi connectivity index (χ1) is 21.4. The molecule has 0 saturated heterocycles. The van der Waals surface area contributed by atoms with E-state index < -0.39 is 15.8 Å². The second kappa shape index (κ2) is 10.5. The lowest BCUT2D eigenvalue weighted by Crippen LogP contribution is -2.19. The van der Waals surface area contributed by atoms with Gasteiger partial charge in [0.05, 0.1) is 0 Å². The van der Waals surface area contributed by atoms with Crippen molar-refractivity contribution in [1.82, 2.24) is 0 Å². The van der Waals surface area contributed by atoms with Gasteiger partial charge in [0.2, 0.25) is 0 Å². The van der Waals surface area contributed by atoms with Gasteiger partial charge in [-0.2, -0.15) is 0 Å². The Morgan fingerprint density at radius 3 is 1.07 bits per heavy atom. The van der Waals surface area contributed by atoms with Gasteiger partial charge in [-0.05, 0) is 96.7 Å². The Hall–Kier alpha value is -3.56. The Labute approximate surface area is 265 Å². The molecular formula is C42H38P2. The molecule has 0 nitrogen and oxygen atoms in total.